The smallest absolute Gasteiger partial charge is 0.277 e. The van der Waals surface area contributed by atoms with Gasteiger partial charge >= 0.3 is 0 Å². The molecule has 34 heavy (non-hydrogen) atoms. The first-order valence-electron chi connectivity index (χ1n) is 12.6. The fraction of sp³-hybridized carbons (Fsp3) is 0.367. The number of carbonyl (C=O) groups is 1. The Morgan fingerprint density at radius 3 is 2.12 bits per heavy atom. The molecule has 3 aliphatic rings. The lowest BCUT2D eigenvalue weighted by Gasteiger charge is -2.39. The van der Waals surface area contributed by atoms with Crippen molar-refractivity contribution in [1.29, 1.82) is 0 Å². The van der Waals surface area contributed by atoms with E-state index in [1.165, 1.54) is 6.42 Å². The van der Waals surface area contributed by atoms with Gasteiger partial charge in [-0.3, -0.25) is 4.79 Å². The Hall–Kier alpha value is -3.11. The number of benzene rings is 3. The average molecular weight is 453 g/mol. The van der Waals surface area contributed by atoms with Crippen LogP contribution in [-0.2, 0) is 23.2 Å². The van der Waals surface area contributed by atoms with Crippen molar-refractivity contribution in [3.63, 3.8) is 0 Å². The third kappa shape index (κ3) is 3.12. The monoisotopic (exact) mass is 452 g/mol. The van der Waals surface area contributed by atoms with Gasteiger partial charge in [0.05, 0.1) is 5.41 Å². The summed E-state index contributed by atoms with van der Waals surface area (Å²) in [6.45, 7) is 1.05. The van der Waals surface area contributed by atoms with E-state index in [4.69, 9.17) is 0 Å². The van der Waals surface area contributed by atoms with Crippen LogP contribution in [-0.4, -0.2) is 34.2 Å². The number of carbonyl (C=O) groups excluding carboxylic acids is 1. The van der Waals surface area contributed by atoms with Crippen LogP contribution in [0, 0.1) is 0 Å². The van der Waals surface area contributed by atoms with Crippen LogP contribution in [0.1, 0.15) is 48.8 Å². The summed E-state index contributed by atoms with van der Waals surface area (Å²) in [7, 11) is 0. The first kappa shape index (κ1) is 21.4. The second-order valence-corrected chi connectivity index (χ2v) is 10.2. The van der Waals surface area contributed by atoms with Gasteiger partial charge < -0.3 is 14.9 Å². The number of para-hydroxylation sites is 1. The zero-order valence-corrected chi connectivity index (χ0v) is 19.6. The number of anilines is 1. The highest BCUT2D eigenvalue weighted by Gasteiger charge is 2.71. The van der Waals surface area contributed by atoms with Crippen molar-refractivity contribution in [3.8, 4) is 0 Å². The van der Waals surface area contributed by atoms with Gasteiger partial charge in [0.2, 0.25) is 5.72 Å². The molecular weight excluding hydrogens is 420 g/mol. The molecule has 2 aliphatic heterocycles. The largest absolute Gasteiger partial charge is 0.362 e. The van der Waals surface area contributed by atoms with E-state index in [1.54, 1.807) is 0 Å². The topological polar surface area (TPSA) is 43.8 Å². The Balaban J connectivity index is 1.51. The summed E-state index contributed by atoms with van der Waals surface area (Å²) in [6.07, 6.45) is 6.24. The predicted molar refractivity (Wildman–Crippen MR) is 134 cm³/mol. The summed E-state index contributed by atoms with van der Waals surface area (Å²) < 4.78 is 0. The van der Waals surface area contributed by atoms with E-state index >= 15 is 0 Å². The van der Waals surface area contributed by atoms with Crippen molar-refractivity contribution >= 4 is 11.6 Å². The van der Waals surface area contributed by atoms with Crippen LogP contribution in [0.5, 0.6) is 0 Å². The molecule has 2 heterocycles. The zero-order valence-electron chi connectivity index (χ0n) is 19.6. The molecule has 1 N–H and O–H groups in total. The van der Waals surface area contributed by atoms with Gasteiger partial charge in [0.25, 0.3) is 5.91 Å². The van der Waals surface area contributed by atoms with E-state index < -0.39 is 11.1 Å². The lowest BCUT2D eigenvalue weighted by Crippen LogP contribution is -2.61. The molecule has 1 amide bonds. The molecule has 3 aromatic carbocycles. The lowest BCUT2D eigenvalue weighted by atomic mass is 9.71. The minimum absolute atomic E-state index is 0.123. The quantitative estimate of drug-likeness (QED) is 0.589. The Kier molecular flexibility index (Phi) is 5.22. The fourth-order valence-corrected chi connectivity index (χ4v) is 6.68. The van der Waals surface area contributed by atoms with E-state index in [9.17, 15) is 9.90 Å². The highest BCUT2D eigenvalue weighted by molar-refractivity contribution is 5.97. The number of hydrogen-bond donors (Lipinski definition) is 1. The maximum absolute atomic E-state index is 14.3. The van der Waals surface area contributed by atoms with Gasteiger partial charge in [0, 0.05) is 24.8 Å². The average Bonchev–Trinajstić information content (AvgIpc) is 3.23. The molecule has 4 heteroatoms. The van der Waals surface area contributed by atoms with E-state index in [-0.39, 0.29) is 11.9 Å². The molecule has 2 atom stereocenters. The van der Waals surface area contributed by atoms with E-state index in [0.717, 1.165) is 48.1 Å². The number of amides is 1. The summed E-state index contributed by atoms with van der Waals surface area (Å²) in [5, 5.41) is 12.7. The molecule has 2 fully saturated rings. The SMILES string of the molecule is O=C1N(C2CCCCC2)C[C@@]2(Cc3ccccc3)c3ccccc3N(Cc3ccccc3)[C@@]12O. The summed E-state index contributed by atoms with van der Waals surface area (Å²) in [5.41, 5.74) is 1.97. The minimum atomic E-state index is -1.61. The molecule has 1 aliphatic carbocycles. The van der Waals surface area contributed by atoms with Crippen LogP contribution < -0.4 is 4.90 Å². The number of hydrogen-bond acceptors (Lipinski definition) is 3. The first-order valence-corrected chi connectivity index (χ1v) is 12.6. The van der Waals surface area contributed by atoms with Crippen LogP contribution in [0.3, 0.4) is 0 Å². The summed E-state index contributed by atoms with van der Waals surface area (Å²) in [4.78, 5) is 18.3. The molecule has 3 aromatic rings. The molecular formula is C30H32N2O2. The van der Waals surface area contributed by atoms with E-state index in [0.29, 0.717) is 19.5 Å². The molecule has 0 unspecified atom stereocenters. The maximum Gasteiger partial charge on any atom is 0.277 e. The van der Waals surface area contributed by atoms with Crippen molar-refractivity contribution in [2.45, 2.75) is 62.3 Å². The second kappa shape index (κ2) is 8.28. The van der Waals surface area contributed by atoms with Gasteiger partial charge in [-0.2, -0.15) is 0 Å². The van der Waals surface area contributed by atoms with Gasteiger partial charge in [-0.15, -0.1) is 0 Å². The van der Waals surface area contributed by atoms with E-state index in [1.807, 2.05) is 58.3 Å². The van der Waals surface area contributed by atoms with E-state index in [2.05, 4.69) is 36.4 Å². The summed E-state index contributed by atoms with van der Waals surface area (Å²) in [6, 6.07) is 29.0. The van der Waals surface area contributed by atoms with Gasteiger partial charge in [0.1, 0.15) is 0 Å². The Morgan fingerprint density at radius 2 is 1.41 bits per heavy atom. The molecule has 1 saturated heterocycles. The van der Waals surface area contributed by atoms with Crippen molar-refractivity contribution in [3.05, 3.63) is 102 Å². The summed E-state index contributed by atoms with van der Waals surface area (Å²) in [5.74, 6) is -0.123. The van der Waals surface area contributed by atoms with Crippen LogP contribution >= 0.6 is 0 Å². The molecule has 0 bridgehead atoms. The van der Waals surface area contributed by atoms with Crippen molar-refractivity contribution in [1.82, 2.24) is 4.90 Å². The number of rotatable bonds is 5. The molecule has 0 radical (unpaired) electrons. The second-order valence-electron chi connectivity index (χ2n) is 10.2. The predicted octanol–water partition coefficient (Wildman–Crippen LogP) is 5.05. The third-order valence-corrected chi connectivity index (χ3v) is 8.32. The Labute approximate surface area is 201 Å². The number of fused-ring (bicyclic) bond motifs is 3. The van der Waals surface area contributed by atoms with Gasteiger partial charge in [0.15, 0.2) is 0 Å². The molecule has 0 aromatic heterocycles. The van der Waals surface area contributed by atoms with Crippen LogP contribution in [0.15, 0.2) is 84.9 Å². The fourth-order valence-electron chi connectivity index (χ4n) is 6.68. The Bertz CT molecular complexity index is 1170. The van der Waals surface area contributed by atoms with Gasteiger partial charge in [-0.25, -0.2) is 0 Å². The van der Waals surface area contributed by atoms with Crippen molar-refractivity contribution < 1.29 is 9.90 Å². The normalized spacial score (nSPS) is 26.6. The molecule has 4 nitrogen and oxygen atoms in total. The molecule has 6 rings (SSSR count). The highest BCUT2D eigenvalue weighted by atomic mass is 16.3. The highest BCUT2D eigenvalue weighted by Crippen LogP contribution is 2.58. The van der Waals surface area contributed by atoms with Gasteiger partial charge in [-0.1, -0.05) is 98.1 Å². The molecule has 1 saturated carbocycles. The van der Waals surface area contributed by atoms with Crippen LogP contribution in [0.25, 0.3) is 0 Å². The number of nitrogens with zero attached hydrogens (tertiary/aromatic N) is 2. The minimum Gasteiger partial charge on any atom is -0.362 e. The van der Waals surface area contributed by atoms with Crippen molar-refractivity contribution in [2.24, 2.45) is 0 Å². The molecule has 174 valence electrons. The number of likely N-dealkylation sites (tertiary alicyclic amines) is 1. The van der Waals surface area contributed by atoms with Gasteiger partial charge in [-0.05, 0) is 42.0 Å². The standard InChI is InChI=1S/C30H32N2O2/c33-28-30(34)29(20-23-12-4-1-5-13-23,22-31(28)25-16-8-3-9-17-25)26-18-10-11-19-27(26)32(30)21-24-14-6-2-7-15-24/h1-2,4-7,10-15,18-19,25,34H,3,8-9,16-17,20-22H2/t29-,30+/m0/s1. The number of aliphatic hydroxyl groups is 1. The van der Waals surface area contributed by atoms with Crippen LogP contribution in [0.2, 0.25) is 0 Å². The maximum atomic E-state index is 14.3. The van der Waals surface area contributed by atoms with Crippen molar-refractivity contribution in [2.75, 3.05) is 11.4 Å². The third-order valence-electron chi connectivity index (χ3n) is 8.32. The summed E-state index contributed by atoms with van der Waals surface area (Å²) >= 11 is 0. The Morgan fingerprint density at radius 1 is 0.794 bits per heavy atom. The zero-order chi connectivity index (χ0) is 23.2. The lowest BCUT2D eigenvalue weighted by molar-refractivity contribution is -0.147. The molecule has 0 spiro atoms. The first-order chi connectivity index (χ1) is 16.6. The van der Waals surface area contributed by atoms with Crippen LogP contribution in [0.4, 0.5) is 5.69 Å².